The van der Waals surface area contributed by atoms with E-state index in [9.17, 15) is 0 Å². The molecule has 1 aliphatic heterocycles. The van der Waals surface area contributed by atoms with Gasteiger partial charge in [-0.2, -0.15) is 0 Å². The summed E-state index contributed by atoms with van der Waals surface area (Å²) in [6, 6.07) is 37.2. The Bertz CT molecular complexity index is 1970. The van der Waals surface area contributed by atoms with Gasteiger partial charge in [0, 0.05) is 0 Å². The van der Waals surface area contributed by atoms with Crippen molar-refractivity contribution in [1.82, 2.24) is 0 Å². The molecule has 0 amide bonds. The van der Waals surface area contributed by atoms with E-state index in [1.807, 2.05) is 13.0 Å². The Labute approximate surface area is 277 Å². The van der Waals surface area contributed by atoms with Crippen LogP contribution in [0, 0.1) is 16.2 Å². The normalized spacial score (nSPS) is 16.4. The summed E-state index contributed by atoms with van der Waals surface area (Å²) in [7, 11) is -2.40. The average molecular weight is 777 g/mol. The molecule has 1 saturated carbocycles. The molecule has 0 radical (unpaired) electrons. The molecule has 4 aromatic rings. The maximum absolute atomic E-state index is 4.75. The van der Waals surface area contributed by atoms with Crippen molar-refractivity contribution in [2.75, 3.05) is 6.67 Å². The predicted molar refractivity (Wildman–Crippen MR) is 187 cm³/mol. The van der Waals surface area contributed by atoms with Gasteiger partial charge in [-0.05, 0) is 0 Å². The molecule has 2 nitrogen and oxygen atoms in total. The van der Waals surface area contributed by atoms with E-state index in [1.165, 1.54) is 33.5 Å². The van der Waals surface area contributed by atoms with Crippen LogP contribution in [0.3, 0.4) is 0 Å². The van der Waals surface area contributed by atoms with E-state index >= 15 is 0 Å². The van der Waals surface area contributed by atoms with Crippen LogP contribution in [-0.2, 0) is 17.9 Å². The summed E-state index contributed by atoms with van der Waals surface area (Å²) in [6.07, 6.45) is 12.1. The van der Waals surface area contributed by atoms with E-state index in [4.69, 9.17) is 9.98 Å². The van der Waals surface area contributed by atoms with Crippen LogP contribution < -0.4 is 26.6 Å². The Morgan fingerprint density at radius 3 is 1.87 bits per heavy atom. The number of nitrogens with zero attached hydrogens (tertiary/aromatic N) is 2. The molecule has 0 unspecified atom stereocenters. The summed E-state index contributed by atoms with van der Waals surface area (Å²) in [5.74, 6) is 7.32. The molecule has 4 aromatic carbocycles. The van der Waals surface area contributed by atoms with Crippen molar-refractivity contribution in [3.8, 4) is 16.2 Å². The third-order valence-electron chi connectivity index (χ3n) is 8.39. The summed E-state index contributed by atoms with van der Waals surface area (Å²) < 4.78 is 3.80. The third kappa shape index (κ3) is 6.09. The first-order valence-electron chi connectivity index (χ1n) is 15.4. The Kier molecular flexibility index (Phi) is 9.80. The molecule has 0 N–H and O–H groups in total. The molecule has 6 rings (SSSR count). The summed E-state index contributed by atoms with van der Waals surface area (Å²) in [6.45, 7) is 4.63. The van der Waals surface area contributed by atoms with Gasteiger partial charge in [0.25, 0.3) is 0 Å². The number of allylic oxidation sites excluding steroid dienone is 7. The monoisotopic (exact) mass is 778 g/mol. The van der Waals surface area contributed by atoms with E-state index in [2.05, 4.69) is 144 Å². The van der Waals surface area contributed by atoms with Crippen molar-refractivity contribution in [1.29, 1.82) is 0 Å². The molecular weight excluding hydrogens is 742 g/mol. The van der Waals surface area contributed by atoms with Crippen LogP contribution in [-0.4, -0.2) is 6.67 Å². The SMILES string of the molecule is CC=C1CCCC1=CC(C#Cc1ccc(/C=C/C)c2c1=NCN=2)=C([C]#[Os])[P+](c1ccccc1)(c1ccccc1)c1ccccc1. The van der Waals surface area contributed by atoms with Crippen LogP contribution in [0.5, 0.6) is 0 Å². The second-order valence-electron chi connectivity index (χ2n) is 11.0. The molecule has 1 fully saturated rings. The van der Waals surface area contributed by atoms with E-state index in [1.54, 1.807) is 17.9 Å². The van der Waals surface area contributed by atoms with Gasteiger partial charge in [-0.3, -0.25) is 0 Å². The standard InChI is InChI=1S/C41H35N2P.Os/c1-4-16-33-25-26-34(41-40(33)42-30-43-41)27-28-35(29-36-18-15-17-32(36)5-2)31(3)44(37-19-9-6-10-20-37,38-21-11-7-12-22-38)39-23-13-8-14-24-39;/h4-14,16,19-26,29H,15,17-18,30H2,1-2H3;/q+1;/b16-4+,32-5?,35-31?,36-29?;. The van der Waals surface area contributed by atoms with Gasteiger partial charge in [0.2, 0.25) is 0 Å². The molecule has 2 aliphatic rings. The van der Waals surface area contributed by atoms with E-state index < -0.39 is 7.26 Å². The first-order chi connectivity index (χ1) is 22.2. The fraction of sp³-hybridized carbons (Fsp3) is 0.146. The first-order valence-corrected chi connectivity index (χ1v) is 18.5. The van der Waals surface area contributed by atoms with Gasteiger partial charge in [-0.25, -0.2) is 0 Å². The fourth-order valence-electron chi connectivity index (χ4n) is 6.35. The van der Waals surface area contributed by atoms with Crippen molar-refractivity contribution in [3.05, 3.63) is 165 Å². The number of benzene rings is 4. The van der Waals surface area contributed by atoms with Gasteiger partial charge < -0.3 is 0 Å². The quantitative estimate of drug-likeness (QED) is 0.148. The predicted octanol–water partition coefficient (Wildman–Crippen LogP) is 7.09. The number of rotatable bonds is 6. The molecule has 0 aromatic heterocycles. The molecular formula is C41H35N2OsP+. The fourth-order valence-corrected chi connectivity index (χ4v) is 12.1. The molecule has 1 heterocycles. The van der Waals surface area contributed by atoms with Crippen LogP contribution in [0.1, 0.15) is 44.2 Å². The Hall–Kier alpha value is -4.15. The number of hydrogen-bond donors (Lipinski definition) is 0. The molecule has 0 saturated heterocycles. The molecule has 45 heavy (non-hydrogen) atoms. The van der Waals surface area contributed by atoms with Crippen molar-refractivity contribution in [2.24, 2.45) is 9.98 Å². The third-order valence-corrected chi connectivity index (χ3v) is 13.8. The van der Waals surface area contributed by atoms with Crippen LogP contribution in [0.25, 0.3) is 6.08 Å². The van der Waals surface area contributed by atoms with Gasteiger partial charge >= 0.3 is 278 Å². The summed E-state index contributed by atoms with van der Waals surface area (Å²) in [4.78, 5) is 9.45. The summed E-state index contributed by atoms with van der Waals surface area (Å²) >= 11 is 1.80. The van der Waals surface area contributed by atoms with Gasteiger partial charge in [-0.15, -0.1) is 0 Å². The summed E-state index contributed by atoms with van der Waals surface area (Å²) in [5.41, 5.74) is 5.81. The minimum atomic E-state index is -2.40. The molecule has 0 bridgehead atoms. The summed E-state index contributed by atoms with van der Waals surface area (Å²) in [5, 5.41) is 6.86. The zero-order valence-corrected chi connectivity index (χ0v) is 29.1. The van der Waals surface area contributed by atoms with Crippen molar-refractivity contribution < 1.29 is 17.9 Å². The van der Waals surface area contributed by atoms with Crippen LogP contribution >= 0.6 is 7.26 Å². The second kappa shape index (κ2) is 14.3. The topological polar surface area (TPSA) is 24.7 Å². The molecule has 0 spiro atoms. The first kappa shape index (κ1) is 30.9. The van der Waals surface area contributed by atoms with Crippen molar-refractivity contribution in [2.45, 2.75) is 33.1 Å². The number of fused-ring (bicyclic) bond motifs is 1. The zero-order chi connectivity index (χ0) is 31.1. The van der Waals surface area contributed by atoms with Crippen LogP contribution in [0.4, 0.5) is 0 Å². The minimum absolute atomic E-state index is 0.448. The molecule has 0 atom stereocenters. The van der Waals surface area contributed by atoms with Crippen LogP contribution in [0.2, 0.25) is 0 Å². The van der Waals surface area contributed by atoms with E-state index in [0.717, 1.165) is 45.6 Å². The molecule has 221 valence electrons. The number of hydrogen-bond acceptors (Lipinski definition) is 2. The Balaban J connectivity index is 1.72. The molecule has 1 aliphatic carbocycles. The Morgan fingerprint density at radius 2 is 1.31 bits per heavy atom. The van der Waals surface area contributed by atoms with E-state index in [-0.39, 0.29) is 0 Å². The average Bonchev–Trinajstić information content (AvgIpc) is 3.78. The van der Waals surface area contributed by atoms with E-state index in [0.29, 0.717) is 6.67 Å². The molecule has 4 heteroatoms. The van der Waals surface area contributed by atoms with Gasteiger partial charge in [-0.1, -0.05) is 0 Å². The van der Waals surface area contributed by atoms with Gasteiger partial charge in [0.05, 0.1) is 0 Å². The van der Waals surface area contributed by atoms with Gasteiger partial charge in [0.15, 0.2) is 0 Å². The Morgan fingerprint density at radius 1 is 0.733 bits per heavy atom. The maximum atomic E-state index is 4.75. The zero-order valence-electron chi connectivity index (χ0n) is 25.6. The van der Waals surface area contributed by atoms with Crippen molar-refractivity contribution >= 4 is 29.3 Å². The van der Waals surface area contributed by atoms with Crippen LogP contribution in [0.15, 0.2) is 153 Å². The van der Waals surface area contributed by atoms with Crippen molar-refractivity contribution in [3.63, 3.8) is 0 Å². The van der Waals surface area contributed by atoms with Gasteiger partial charge in [0.1, 0.15) is 0 Å². The second-order valence-corrected chi connectivity index (χ2v) is 14.9.